The summed E-state index contributed by atoms with van der Waals surface area (Å²) in [7, 11) is 0. The minimum absolute atomic E-state index is 0.0489. The average molecular weight is 469 g/mol. The molecule has 1 aliphatic carbocycles. The molecule has 3 nitrogen and oxygen atoms in total. The number of carbonyl (C=O) groups excluding carboxylic acids is 1. The number of halogens is 1. The van der Waals surface area contributed by atoms with E-state index in [2.05, 4.69) is 65.3 Å². The number of hydrogen-bond donors (Lipinski definition) is 1. The Hall–Kier alpha value is -3.30. The van der Waals surface area contributed by atoms with Crippen LogP contribution in [0.15, 0.2) is 84.9 Å². The summed E-state index contributed by atoms with van der Waals surface area (Å²) in [6.07, 6.45) is 4.18. The fraction of sp³-hybridized carbons (Fsp3) is 0.233. The third-order valence-electron chi connectivity index (χ3n) is 6.70. The predicted molar refractivity (Wildman–Crippen MR) is 140 cm³/mol. The second-order valence-corrected chi connectivity index (χ2v) is 9.67. The lowest BCUT2D eigenvalue weighted by molar-refractivity contribution is 0.0954. The molecule has 4 heteroatoms. The maximum absolute atomic E-state index is 12.7. The Labute approximate surface area is 206 Å². The van der Waals surface area contributed by atoms with Crippen molar-refractivity contribution < 1.29 is 4.79 Å². The number of amides is 1. The summed E-state index contributed by atoms with van der Waals surface area (Å²) in [6.45, 7) is 2.92. The standard InChI is InChI=1S/C30H29ClN2O/c1-21-7-16-28-25(19-21)20-29(23-5-3-2-4-6-23)33(28)27-14-10-24(11-15-27)30(34)32-18-17-22-8-12-26(31)13-9-22/h2-6,8-15,20-21H,7,16-19H2,1H3,(H,32,34). The zero-order valence-electron chi connectivity index (χ0n) is 19.4. The molecular formula is C30H29ClN2O. The van der Waals surface area contributed by atoms with Crippen molar-refractivity contribution in [3.05, 3.63) is 112 Å². The van der Waals surface area contributed by atoms with Gasteiger partial charge in [0.05, 0.1) is 5.69 Å². The summed E-state index contributed by atoms with van der Waals surface area (Å²) in [5.41, 5.74) is 8.22. The largest absolute Gasteiger partial charge is 0.352 e. The van der Waals surface area contributed by atoms with Crippen molar-refractivity contribution >= 4 is 17.5 Å². The van der Waals surface area contributed by atoms with E-state index < -0.39 is 0 Å². The van der Waals surface area contributed by atoms with E-state index in [1.807, 2.05) is 36.4 Å². The quantitative estimate of drug-likeness (QED) is 0.328. The van der Waals surface area contributed by atoms with Crippen molar-refractivity contribution in [2.45, 2.75) is 32.6 Å². The van der Waals surface area contributed by atoms with Crippen LogP contribution in [0.1, 0.15) is 40.5 Å². The van der Waals surface area contributed by atoms with Gasteiger partial charge in [-0.25, -0.2) is 0 Å². The predicted octanol–water partition coefficient (Wildman–Crippen LogP) is 6.90. The van der Waals surface area contributed by atoms with Crippen LogP contribution in [0.5, 0.6) is 0 Å². The summed E-state index contributed by atoms with van der Waals surface area (Å²) in [5.74, 6) is 0.665. The normalized spacial score (nSPS) is 15.1. The molecule has 0 fully saturated rings. The summed E-state index contributed by atoms with van der Waals surface area (Å²) < 4.78 is 2.39. The van der Waals surface area contributed by atoms with Gasteiger partial charge in [-0.15, -0.1) is 0 Å². The minimum atomic E-state index is -0.0489. The van der Waals surface area contributed by atoms with Crippen molar-refractivity contribution in [3.63, 3.8) is 0 Å². The Bertz CT molecular complexity index is 1270. The molecule has 0 radical (unpaired) electrons. The lowest BCUT2D eigenvalue weighted by Gasteiger charge is -2.21. The Morgan fingerprint density at radius 2 is 1.74 bits per heavy atom. The van der Waals surface area contributed by atoms with Gasteiger partial charge in [-0.3, -0.25) is 4.79 Å². The van der Waals surface area contributed by atoms with E-state index in [-0.39, 0.29) is 5.91 Å². The van der Waals surface area contributed by atoms with Gasteiger partial charge in [0.1, 0.15) is 0 Å². The Morgan fingerprint density at radius 3 is 2.47 bits per heavy atom. The van der Waals surface area contributed by atoms with E-state index >= 15 is 0 Å². The number of nitrogens with one attached hydrogen (secondary N) is 1. The molecule has 0 aliphatic heterocycles. The van der Waals surface area contributed by atoms with Crippen molar-refractivity contribution in [3.8, 4) is 16.9 Å². The molecule has 1 N–H and O–H groups in total. The molecule has 1 heterocycles. The van der Waals surface area contributed by atoms with Crippen LogP contribution in [-0.2, 0) is 19.3 Å². The number of benzene rings is 3. The van der Waals surface area contributed by atoms with Crippen LogP contribution in [0.25, 0.3) is 16.9 Å². The number of fused-ring (bicyclic) bond motifs is 1. The Balaban J connectivity index is 1.36. The lowest BCUT2D eigenvalue weighted by Crippen LogP contribution is -2.25. The summed E-state index contributed by atoms with van der Waals surface area (Å²) >= 11 is 5.94. The van der Waals surface area contributed by atoms with E-state index in [9.17, 15) is 4.79 Å². The number of aromatic nitrogens is 1. The van der Waals surface area contributed by atoms with Crippen LogP contribution in [-0.4, -0.2) is 17.0 Å². The van der Waals surface area contributed by atoms with Gasteiger partial charge in [0.2, 0.25) is 0 Å². The van der Waals surface area contributed by atoms with Gasteiger partial charge in [0, 0.05) is 28.5 Å². The van der Waals surface area contributed by atoms with E-state index in [1.54, 1.807) is 0 Å². The van der Waals surface area contributed by atoms with Crippen molar-refractivity contribution in [2.24, 2.45) is 5.92 Å². The third kappa shape index (κ3) is 4.80. The molecule has 1 unspecified atom stereocenters. The highest BCUT2D eigenvalue weighted by molar-refractivity contribution is 6.30. The average Bonchev–Trinajstić information content (AvgIpc) is 3.24. The van der Waals surface area contributed by atoms with Crippen LogP contribution in [0.4, 0.5) is 0 Å². The highest BCUT2D eigenvalue weighted by atomic mass is 35.5. The molecule has 0 saturated heterocycles. The molecule has 0 saturated carbocycles. The van der Waals surface area contributed by atoms with Gasteiger partial charge >= 0.3 is 0 Å². The molecule has 1 amide bonds. The van der Waals surface area contributed by atoms with Crippen molar-refractivity contribution in [1.82, 2.24) is 9.88 Å². The first kappa shape index (κ1) is 22.5. The number of hydrogen-bond acceptors (Lipinski definition) is 1. The second-order valence-electron chi connectivity index (χ2n) is 9.23. The molecular weight excluding hydrogens is 440 g/mol. The third-order valence-corrected chi connectivity index (χ3v) is 6.96. The fourth-order valence-corrected chi connectivity index (χ4v) is 4.99. The fourth-order valence-electron chi connectivity index (χ4n) is 4.86. The molecule has 34 heavy (non-hydrogen) atoms. The second kappa shape index (κ2) is 9.90. The number of carbonyl (C=O) groups is 1. The number of nitrogens with zero attached hydrogens (tertiary/aromatic N) is 1. The molecule has 4 aromatic rings. The van der Waals surface area contributed by atoms with E-state index in [0.717, 1.165) is 35.5 Å². The molecule has 5 rings (SSSR count). The highest BCUT2D eigenvalue weighted by Crippen LogP contribution is 2.35. The van der Waals surface area contributed by atoms with Crippen LogP contribution in [0.3, 0.4) is 0 Å². The van der Waals surface area contributed by atoms with Crippen LogP contribution in [0.2, 0.25) is 5.02 Å². The number of rotatable bonds is 6. The van der Waals surface area contributed by atoms with E-state index in [0.29, 0.717) is 18.0 Å². The molecule has 172 valence electrons. The van der Waals surface area contributed by atoms with Gasteiger partial charge in [-0.2, -0.15) is 0 Å². The monoisotopic (exact) mass is 468 g/mol. The summed E-state index contributed by atoms with van der Waals surface area (Å²) in [5, 5.41) is 3.75. The van der Waals surface area contributed by atoms with Crippen LogP contribution in [0, 0.1) is 5.92 Å². The highest BCUT2D eigenvalue weighted by Gasteiger charge is 2.23. The maximum Gasteiger partial charge on any atom is 0.251 e. The van der Waals surface area contributed by atoms with E-state index in [1.165, 1.54) is 28.9 Å². The van der Waals surface area contributed by atoms with Gasteiger partial charge in [-0.05, 0) is 90.8 Å². The van der Waals surface area contributed by atoms with Gasteiger partial charge in [0.15, 0.2) is 0 Å². The van der Waals surface area contributed by atoms with Crippen molar-refractivity contribution in [2.75, 3.05) is 6.54 Å². The first-order valence-electron chi connectivity index (χ1n) is 12.0. The summed E-state index contributed by atoms with van der Waals surface area (Å²) in [4.78, 5) is 12.7. The van der Waals surface area contributed by atoms with Crippen LogP contribution >= 0.6 is 11.6 Å². The first-order chi connectivity index (χ1) is 16.6. The lowest BCUT2D eigenvalue weighted by atomic mass is 9.89. The summed E-state index contributed by atoms with van der Waals surface area (Å²) in [6, 6.07) is 28.7. The molecule has 1 aliphatic rings. The molecule has 1 atom stereocenters. The van der Waals surface area contributed by atoms with Crippen molar-refractivity contribution in [1.29, 1.82) is 0 Å². The van der Waals surface area contributed by atoms with Gasteiger partial charge in [-0.1, -0.05) is 61.0 Å². The zero-order chi connectivity index (χ0) is 23.5. The first-order valence-corrected chi connectivity index (χ1v) is 12.4. The van der Waals surface area contributed by atoms with E-state index in [4.69, 9.17) is 11.6 Å². The SMILES string of the molecule is CC1CCc2c(cc(-c3ccccc3)n2-c2ccc(C(=O)NCCc3ccc(Cl)cc3)cc2)C1. The Kier molecular flexibility index (Phi) is 6.55. The van der Waals surface area contributed by atoms with Gasteiger partial charge in [0.25, 0.3) is 5.91 Å². The smallest absolute Gasteiger partial charge is 0.251 e. The molecule has 0 bridgehead atoms. The van der Waals surface area contributed by atoms with Crippen LogP contribution < -0.4 is 5.32 Å². The van der Waals surface area contributed by atoms with Gasteiger partial charge < -0.3 is 9.88 Å². The topological polar surface area (TPSA) is 34.0 Å². The Morgan fingerprint density at radius 1 is 1.00 bits per heavy atom. The maximum atomic E-state index is 12.7. The molecule has 1 aromatic heterocycles. The zero-order valence-corrected chi connectivity index (χ0v) is 20.2. The molecule has 0 spiro atoms. The minimum Gasteiger partial charge on any atom is -0.352 e. The molecule has 3 aromatic carbocycles.